The van der Waals surface area contributed by atoms with Crippen molar-refractivity contribution in [1.29, 1.82) is 0 Å². The van der Waals surface area contributed by atoms with Gasteiger partial charge in [0.2, 0.25) is 5.89 Å². The van der Waals surface area contributed by atoms with Crippen LogP contribution in [0.2, 0.25) is 0 Å². The highest BCUT2D eigenvalue weighted by Crippen LogP contribution is 2.49. The Morgan fingerprint density at radius 1 is 1.40 bits per heavy atom. The van der Waals surface area contributed by atoms with Crippen LogP contribution in [0.3, 0.4) is 0 Å². The molecule has 0 amide bonds. The van der Waals surface area contributed by atoms with Crippen molar-refractivity contribution in [2.24, 2.45) is 5.92 Å². The van der Waals surface area contributed by atoms with E-state index in [1.165, 1.54) is 12.8 Å². The molecule has 2 fully saturated rings. The maximum absolute atomic E-state index is 12.0. The lowest BCUT2D eigenvalue weighted by molar-refractivity contribution is -0.146. The fourth-order valence-corrected chi connectivity index (χ4v) is 3.17. The van der Waals surface area contributed by atoms with Gasteiger partial charge in [-0.05, 0) is 44.9 Å². The van der Waals surface area contributed by atoms with E-state index >= 15 is 0 Å². The second-order valence-electron chi connectivity index (χ2n) is 6.04. The quantitative estimate of drug-likeness (QED) is 0.775. The number of ether oxygens (including phenoxy) is 1. The van der Waals surface area contributed by atoms with E-state index < -0.39 is 5.41 Å². The Hall–Kier alpha value is -1.39. The summed E-state index contributed by atoms with van der Waals surface area (Å²) in [5.74, 6) is 2.21. The van der Waals surface area contributed by atoms with Crippen LogP contribution in [0.25, 0.3) is 0 Å². The summed E-state index contributed by atoms with van der Waals surface area (Å²) in [6.45, 7) is 4.44. The third-order valence-corrected chi connectivity index (χ3v) is 4.75. The van der Waals surface area contributed by atoms with Crippen LogP contribution in [0.4, 0.5) is 0 Å². The number of carbonyl (C=O) groups excluding carboxylic acids is 1. The summed E-state index contributed by atoms with van der Waals surface area (Å²) in [5.41, 5.74) is -0.635. The van der Waals surface area contributed by atoms with Gasteiger partial charge < -0.3 is 9.26 Å². The van der Waals surface area contributed by atoms with E-state index in [1.807, 2.05) is 6.92 Å². The number of rotatable bonds is 5. The molecule has 110 valence electrons. The molecule has 1 heterocycles. The van der Waals surface area contributed by atoms with Crippen molar-refractivity contribution in [2.45, 2.75) is 63.7 Å². The largest absolute Gasteiger partial charge is 0.465 e. The first kappa shape index (κ1) is 13.6. The average molecular weight is 278 g/mol. The number of carbonyl (C=O) groups is 1. The van der Waals surface area contributed by atoms with E-state index in [-0.39, 0.29) is 5.97 Å². The summed E-state index contributed by atoms with van der Waals surface area (Å²) < 4.78 is 10.5. The molecular formula is C15H22N2O3. The average Bonchev–Trinajstić information content (AvgIpc) is 2.91. The van der Waals surface area contributed by atoms with Gasteiger partial charge in [0, 0.05) is 5.92 Å². The number of esters is 1. The van der Waals surface area contributed by atoms with E-state index in [9.17, 15) is 4.79 Å². The molecule has 0 N–H and O–H groups in total. The monoisotopic (exact) mass is 278 g/mol. The zero-order chi connectivity index (χ0) is 14.2. The highest BCUT2D eigenvalue weighted by Gasteiger charge is 2.57. The summed E-state index contributed by atoms with van der Waals surface area (Å²) in [6, 6.07) is 0. The van der Waals surface area contributed by atoms with E-state index in [2.05, 4.69) is 17.1 Å². The molecule has 0 aliphatic heterocycles. The minimum atomic E-state index is -0.635. The summed E-state index contributed by atoms with van der Waals surface area (Å²) in [4.78, 5) is 16.5. The van der Waals surface area contributed by atoms with Crippen LogP contribution in [-0.4, -0.2) is 22.7 Å². The molecule has 2 saturated carbocycles. The lowest BCUT2D eigenvalue weighted by Crippen LogP contribution is -2.23. The maximum atomic E-state index is 12.0. The Kier molecular flexibility index (Phi) is 3.52. The van der Waals surface area contributed by atoms with Crippen molar-refractivity contribution in [2.75, 3.05) is 6.61 Å². The van der Waals surface area contributed by atoms with Crippen LogP contribution in [-0.2, 0) is 14.9 Å². The lowest BCUT2D eigenvalue weighted by Gasteiger charge is -2.08. The Bertz CT molecular complexity index is 493. The van der Waals surface area contributed by atoms with Gasteiger partial charge in [-0.25, -0.2) is 0 Å². The molecule has 2 unspecified atom stereocenters. The third-order valence-electron chi connectivity index (χ3n) is 4.75. The molecule has 5 nitrogen and oxygen atoms in total. The topological polar surface area (TPSA) is 65.2 Å². The first-order chi connectivity index (χ1) is 9.69. The smallest absolute Gasteiger partial charge is 0.321 e. The summed E-state index contributed by atoms with van der Waals surface area (Å²) in [7, 11) is 0. The molecule has 2 aliphatic carbocycles. The van der Waals surface area contributed by atoms with Gasteiger partial charge in [0.15, 0.2) is 5.82 Å². The van der Waals surface area contributed by atoms with Gasteiger partial charge >= 0.3 is 5.97 Å². The van der Waals surface area contributed by atoms with Crippen LogP contribution >= 0.6 is 0 Å². The molecule has 0 aromatic carbocycles. The van der Waals surface area contributed by atoms with E-state index in [4.69, 9.17) is 9.26 Å². The van der Waals surface area contributed by atoms with Crippen molar-refractivity contribution < 1.29 is 14.1 Å². The Labute approximate surface area is 119 Å². The number of hydrogen-bond acceptors (Lipinski definition) is 5. The van der Waals surface area contributed by atoms with Crippen molar-refractivity contribution in [3.05, 3.63) is 11.7 Å². The highest BCUT2D eigenvalue weighted by atomic mass is 16.5. The standard InChI is InChI=1S/C15H22N2O3/c1-3-10-5-6-11(9-10)12-16-13(20-17-12)15(7-8-15)14(18)19-4-2/h10-11H,3-9H2,1-2H3. The van der Waals surface area contributed by atoms with Crippen molar-refractivity contribution in [3.63, 3.8) is 0 Å². The summed E-state index contributed by atoms with van der Waals surface area (Å²) in [6.07, 6.45) is 6.25. The first-order valence-electron chi connectivity index (χ1n) is 7.71. The van der Waals surface area contributed by atoms with E-state index in [0.29, 0.717) is 18.4 Å². The predicted molar refractivity (Wildman–Crippen MR) is 72.2 cm³/mol. The Balaban J connectivity index is 1.73. The third kappa shape index (κ3) is 2.23. The van der Waals surface area contributed by atoms with Crippen molar-refractivity contribution in [1.82, 2.24) is 10.1 Å². The van der Waals surface area contributed by atoms with Crippen LogP contribution in [0.15, 0.2) is 4.52 Å². The number of nitrogens with zero attached hydrogens (tertiary/aromatic N) is 2. The van der Waals surface area contributed by atoms with Gasteiger partial charge in [-0.1, -0.05) is 18.5 Å². The molecule has 0 spiro atoms. The van der Waals surface area contributed by atoms with Gasteiger partial charge in [-0.2, -0.15) is 4.98 Å². The number of aromatic nitrogens is 2. The normalized spacial score (nSPS) is 27.5. The first-order valence-corrected chi connectivity index (χ1v) is 7.71. The molecule has 0 radical (unpaired) electrons. The minimum Gasteiger partial charge on any atom is -0.465 e. The minimum absolute atomic E-state index is 0.215. The second kappa shape index (κ2) is 5.19. The van der Waals surface area contributed by atoms with E-state index in [1.54, 1.807) is 0 Å². The zero-order valence-electron chi connectivity index (χ0n) is 12.2. The second-order valence-corrected chi connectivity index (χ2v) is 6.04. The Morgan fingerprint density at radius 2 is 2.20 bits per heavy atom. The highest BCUT2D eigenvalue weighted by molar-refractivity contribution is 5.85. The van der Waals surface area contributed by atoms with Crippen LogP contribution in [0.1, 0.15) is 70.0 Å². The fraction of sp³-hybridized carbons (Fsp3) is 0.800. The molecule has 3 rings (SSSR count). The molecule has 20 heavy (non-hydrogen) atoms. The van der Waals surface area contributed by atoms with Crippen molar-refractivity contribution >= 4 is 5.97 Å². The molecule has 2 atom stereocenters. The lowest BCUT2D eigenvalue weighted by atomic mass is 10.0. The fourth-order valence-electron chi connectivity index (χ4n) is 3.17. The maximum Gasteiger partial charge on any atom is 0.321 e. The van der Waals surface area contributed by atoms with Gasteiger partial charge in [0.1, 0.15) is 5.41 Å². The molecule has 0 saturated heterocycles. The molecule has 1 aromatic rings. The number of hydrogen-bond donors (Lipinski definition) is 0. The van der Waals surface area contributed by atoms with Gasteiger partial charge in [0.25, 0.3) is 0 Å². The molecule has 2 aliphatic rings. The van der Waals surface area contributed by atoms with Crippen LogP contribution in [0.5, 0.6) is 0 Å². The van der Waals surface area contributed by atoms with Crippen molar-refractivity contribution in [3.8, 4) is 0 Å². The summed E-state index contributed by atoms with van der Waals surface area (Å²) >= 11 is 0. The molecule has 1 aromatic heterocycles. The molecule has 5 heteroatoms. The van der Waals surface area contributed by atoms with Gasteiger partial charge in [-0.15, -0.1) is 0 Å². The molecule has 0 bridgehead atoms. The van der Waals surface area contributed by atoms with Crippen LogP contribution < -0.4 is 0 Å². The SMILES string of the molecule is CCOC(=O)C1(c2nc(C3CCC(CC)C3)no2)CC1. The predicted octanol–water partition coefficient (Wildman–Crippen LogP) is 2.96. The molecular weight excluding hydrogens is 256 g/mol. The zero-order valence-corrected chi connectivity index (χ0v) is 12.2. The van der Waals surface area contributed by atoms with Crippen LogP contribution in [0, 0.1) is 5.92 Å². The Morgan fingerprint density at radius 3 is 2.80 bits per heavy atom. The van der Waals surface area contributed by atoms with Gasteiger partial charge in [-0.3, -0.25) is 4.79 Å². The summed E-state index contributed by atoms with van der Waals surface area (Å²) in [5, 5.41) is 4.12. The van der Waals surface area contributed by atoms with Gasteiger partial charge in [0.05, 0.1) is 6.61 Å². The van der Waals surface area contributed by atoms with E-state index in [0.717, 1.165) is 37.4 Å².